The van der Waals surface area contributed by atoms with Crippen LogP contribution in [0.25, 0.3) is 11.4 Å². The third kappa shape index (κ3) is 4.20. The van der Waals surface area contributed by atoms with E-state index < -0.39 is 0 Å². The molecule has 1 aromatic heterocycles. The van der Waals surface area contributed by atoms with Crippen LogP contribution in [0.5, 0.6) is 0 Å². The van der Waals surface area contributed by atoms with E-state index in [9.17, 15) is 4.79 Å². The van der Waals surface area contributed by atoms with Gasteiger partial charge in [-0.1, -0.05) is 53.2 Å². The number of hydrogen-bond donors (Lipinski definition) is 1. The molecule has 0 saturated carbocycles. The minimum atomic E-state index is -0.0941. The van der Waals surface area contributed by atoms with Crippen molar-refractivity contribution in [2.75, 3.05) is 11.1 Å². The number of para-hydroxylation sites is 1. The summed E-state index contributed by atoms with van der Waals surface area (Å²) in [5, 5.41) is 12.8. The molecule has 1 heterocycles. The first-order valence-corrected chi connectivity index (χ1v) is 9.53. The number of hydrogen-bond acceptors (Lipinski definition) is 4. The number of amides is 1. The molecular weight excluding hydrogens is 391 g/mol. The van der Waals surface area contributed by atoms with E-state index in [-0.39, 0.29) is 11.7 Å². The van der Waals surface area contributed by atoms with Gasteiger partial charge in [0.2, 0.25) is 5.91 Å². The summed E-state index contributed by atoms with van der Waals surface area (Å²) < 4.78 is 1.82. The zero-order chi connectivity index (χ0) is 18.7. The summed E-state index contributed by atoms with van der Waals surface area (Å²) in [4.78, 5) is 12.2. The van der Waals surface area contributed by atoms with Gasteiger partial charge in [0.1, 0.15) is 0 Å². The Bertz CT molecular complexity index is 958. The van der Waals surface area contributed by atoms with Crippen molar-refractivity contribution in [1.82, 2.24) is 14.8 Å². The van der Waals surface area contributed by atoms with Gasteiger partial charge in [-0.3, -0.25) is 4.79 Å². The molecule has 1 amide bonds. The molecule has 0 radical (unpaired) electrons. The first-order chi connectivity index (χ1) is 12.5. The first kappa shape index (κ1) is 18.8. The quantitative estimate of drug-likeness (QED) is 0.616. The molecular formula is C18H16Cl2N4OS. The molecule has 3 aromatic rings. The highest BCUT2D eigenvalue weighted by Gasteiger charge is 2.14. The second kappa shape index (κ2) is 8.12. The van der Waals surface area contributed by atoms with Gasteiger partial charge in [0.25, 0.3) is 0 Å². The molecule has 0 aliphatic heterocycles. The van der Waals surface area contributed by atoms with Crippen molar-refractivity contribution in [2.24, 2.45) is 7.05 Å². The number of aromatic nitrogens is 3. The molecule has 0 fully saturated rings. The predicted molar refractivity (Wildman–Crippen MR) is 107 cm³/mol. The largest absolute Gasteiger partial charge is 0.325 e. The molecule has 0 saturated heterocycles. The number of nitrogens with one attached hydrogen (secondary N) is 1. The van der Waals surface area contributed by atoms with E-state index in [1.165, 1.54) is 11.8 Å². The molecule has 1 N–H and O–H groups in total. The van der Waals surface area contributed by atoms with Crippen molar-refractivity contribution in [3.8, 4) is 11.4 Å². The number of anilines is 1. The maximum Gasteiger partial charge on any atom is 0.234 e. The highest BCUT2D eigenvalue weighted by atomic mass is 35.5. The van der Waals surface area contributed by atoms with Gasteiger partial charge >= 0.3 is 0 Å². The molecule has 5 nitrogen and oxygen atoms in total. The van der Waals surface area contributed by atoms with E-state index in [4.69, 9.17) is 23.2 Å². The van der Waals surface area contributed by atoms with Crippen LogP contribution in [0.4, 0.5) is 5.69 Å². The molecule has 0 unspecified atom stereocenters. The van der Waals surface area contributed by atoms with Crippen LogP contribution in [-0.2, 0) is 11.8 Å². The second-order valence-corrected chi connectivity index (χ2v) is 7.40. The average Bonchev–Trinajstić information content (AvgIpc) is 2.98. The molecule has 26 heavy (non-hydrogen) atoms. The SMILES string of the molecule is Cc1ccccc1NC(=O)CSc1nnc(-c2ccc(Cl)c(Cl)c2)n1C. The number of benzene rings is 2. The van der Waals surface area contributed by atoms with Gasteiger partial charge < -0.3 is 9.88 Å². The zero-order valence-electron chi connectivity index (χ0n) is 14.2. The fourth-order valence-electron chi connectivity index (χ4n) is 2.36. The van der Waals surface area contributed by atoms with Gasteiger partial charge in [-0.2, -0.15) is 0 Å². The van der Waals surface area contributed by atoms with Crippen molar-refractivity contribution in [2.45, 2.75) is 12.1 Å². The monoisotopic (exact) mass is 406 g/mol. The van der Waals surface area contributed by atoms with Crippen molar-refractivity contribution >= 4 is 46.6 Å². The molecule has 0 atom stereocenters. The molecule has 3 rings (SSSR count). The Morgan fingerprint density at radius 3 is 2.65 bits per heavy atom. The Balaban J connectivity index is 1.68. The summed E-state index contributed by atoms with van der Waals surface area (Å²) in [7, 11) is 1.85. The van der Waals surface area contributed by atoms with Crippen molar-refractivity contribution in [3.05, 3.63) is 58.1 Å². The molecule has 134 valence electrons. The summed E-state index contributed by atoms with van der Waals surface area (Å²) in [6, 6.07) is 12.9. The van der Waals surface area contributed by atoms with E-state index in [0.717, 1.165) is 16.8 Å². The van der Waals surface area contributed by atoms with Crippen LogP contribution in [-0.4, -0.2) is 26.4 Å². The minimum Gasteiger partial charge on any atom is -0.325 e. The number of rotatable bonds is 5. The van der Waals surface area contributed by atoms with Gasteiger partial charge in [-0.05, 0) is 36.8 Å². The summed E-state index contributed by atoms with van der Waals surface area (Å²) >= 11 is 13.3. The Kier molecular flexibility index (Phi) is 5.86. The normalized spacial score (nSPS) is 10.8. The molecule has 8 heteroatoms. The molecule has 0 aliphatic rings. The number of carbonyl (C=O) groups is 1. The zero-order valence-corrected chi connectivity index (χ0v) is 16.5. The standard InChI is InChI=1S/C18H16Cl2N4OS/c1-11-5-3-4-6-15(11)21-16(25)10-26-18-23-22-17(24(18)2)12-7-8-13(19)14(20)9-12/h3-9H,10H2,1-2H3,(H,21,25). The Morgan fingerprint density at radius 2 is 1.92 bits per heavy atom. The smallest absolute Gasteiger partial charge is 0.234 e. The second-order valence-electron chi connectivity index (χ2n) is 5.65. The first-order valence-electron chi connectivity index (χ1n) is 7.79. The van der Waals surface area contributed by atoms with Gasteiger partial charge in [0.15, 0.2) is 11.0 Å². The number of nitrogens with zero attached hydrogens (tertiary/aromatic N) is 3. The van der Waals surface area contributed by atoms with E-state index in [0.29, 0.717) is 21.0 Å². The van der Waals surface area contributed by atoms with Crippen molar-refractivity contribution < 1.29 is 4.79 Å². The lowest BCUT2D eigenvalue weighted by Gasteiger charge is -2.08. The third-order valence-electron chi connectivity index (χ3n) is 3.76. The van der Waals surface area contributed by atoms with Crippen LogP contribution in [0.15, 0.2) is 47.6 Å². The van der Waals surface area contributed by atoms with Crippen LogP contribution in [0, 0.1) is 6.92 Å². The lowest BCUT2D eigenvalue weighted by Crippen LogP contribution is -2.15. The predicted octanol–water partition coefficient (Wildman–Crippen LogP) is 4.83. The van der Waals surface area contributed by atoms with E-state index in [1.807, 2.05) is 48.9 Å². The van der Waals surface area contributed by atoms with E-state index >= 15 is 0 Å². The fourth-order valence-corrected chi connectivity index (χ4v) is 3.37. The number of halogens is 2. The summed E-state index contributed by atoms with van der Waals surface area (Å²) in [6.07, 6.45) is 0. The van der Waals surface area contributed by atoms with Crippen LogP contribution in [0.2, 0.25) is 10.0 Å². The third-order valence-corrected chi connectivity index (χ3v) is 5.52. The molecule has 0 aliphatic carbocycles. The molecule has 0 bridgehead atoms. The van der Waals surface area contributed by atoms with Crippen molar-refractivity contribution in [3.63, 3.8) is 0 Å². The lowest BCUT2D eigenvalue weighted by atomic mass is 10.2. The van der Waals surface area contributed by atoms with E-state index in [1.54, 1.807) is 12.1 Å². The summed E-state index contributed by atoms with van der Waals surface area (Å²) in [5.41, 5.74) is 2.64. The van der Waals surface area contributed by atoms with Crippen LogP contribution < -0.4 is 5.32 Å². The number of thioether (sulfide) groups is 1. The minimum absolute atomic E-state index is 0.0941. The maximum absolute atomic E-state index is 12.2. The van der Waals surface area contributed by atoms with Crippen LogP contribution >= 0.6 is 35.0 Å². The Hall–Kier alpha value is -2.02. The maximum atomic E-state index is 12.2. The highest BCUT2D eigenvalue weighted by molar-refractivity contribution is 7.99. The van der Waals surface area contributed by atoms with Crippen molar-refractivity contribution in [1.29, 1.82) is 0 Å². The van der Waals surface area contributed by atoms with E-state index in [2.05, 4.69) is 15.5 Å². The van der Waals surface area contributed by atoms with Gasteiger partial charge in [0.05, 0.1) is 15.8 Å². The Morgan fingerprint density at radius 1 is 1.15 bits per heavy atom. The van der Waals surface area contributed by atoms with Gasteiger partial charge in [0, 0.05) is 18.3 Å². The number of carbonyl (C=O) groups excluding carboxylic acids is 1. The highest BCUT2D eigenvalue weighted by Crippen LogP contribution is 2.29. The van der Waals surface area contributed by atoms with Crippen LogP contribution in [0.1, 0.15) is 5.56 Å². The number of aryl methyl sites for hydroxylation is 1. The fraction of sp³-hybridized carbons (Fsp3) is 0.167. The lowest BCUT2D eigenvalue weighted by molar-refractivity contribution is -0.113. The molecule has 0 spiro atoms. The average molecular weight is 407 g/mol. The summed E-state index contributed by atoms with van der Waals surface area (Å²) in [6.45, 7) is 1.95. The topological polar surface area (TPSA) is 59.8 Å². The molecule has 2 aromatic carbocycles. The van der Waals surface area contributed by atoms with Gasteiger partial charge in [-0.25, -0.2) is 0 Å². The van der Waals surface area contributed by atoms with Gasteiger partial charge in [-0.15, -0.1) is 10.2 Å². The Labute approximate surface area is 165 Å². The van der Waals surface area contributed by atoms with Crippen LogP contribution in [0.3, 0.4) is 0 Å². The summed E-state index contributed by atoms with van der Waals surface area (Å²) in [5.74, 6) is 0.801.